The molecule has 0 saturated carbocycles. The Morgan fingerprint density at radius 2 is 2.18 bits per heavy atom. The van der Waals surface area contributed by atoms with Crippen LogP contribution in [0.25, 0.3) is 0 Å². The van der Waals surface area contributed by atoms with E-state index in [-0.39, 0.29) is 6.61 Å². The SMILES string of the molecule is O=Cc1cc(CO)c(Cc2cccc(Cl)c2)s1. The first-order chi connectivity index (χ1) is 8.22. The second-order valence-electron chi connectivity index (χ2n) is 3.68. The average molecular weight is 267 g/mol. The van der Waals surface area contributed by atoms with E-state index in [0.29, 0.717) is 16.3 Å². The summed E-state index contributed by atoms with van der Waals surface area (Å²) >= 11 is 7.33. The summed E-state index contributed by atoms with van der Waals surface area (Å²) in [5, 5.41) is 9.92. The smallest absolute Gasteiger partial charge is 0.160 e. The van der Waals surface area contributed by atoms with Gasteiger partial charge in [0.1, 0.15) is 0 Å². The number of halogens is 1. The molecule has 0 unspecified atom stereocenters. The van der Waals surface area contributed by atoms with E-state index in [4.69, 9.17) is 11.6 Å². The predicted octanol–water partition coefficient (Wildman–Crippen LogP) is 3.30. The van der Waals surface area contributed by atoms with Crippen molar-refractivity contribution in [2.24, 2.45) is 0 Å². The zero-order chi connectivity index (χ0) is 12.3. The lowest BCUT2D eigenvalue weighted by molar-refractivity contribution is 0.112. The van der Waals surface area contributed by atoms with Crippen LogP contribution in [0.4, 0.5) is 0 Å². The highest BCUT2D eigenvalue weighted by atomic mass is 35.5. The molecule has 0 atom stereocenters. The molecule has 0 amide bonds. The molecule has 1 aromatic heterocycles. The minimum absolute atomic E-state index is 0.0414. The van der Waals surface area contributed by atoms with Gasteiger partial charge in [-0.25, -0.2) is 0 Å². The monoisotopic (exact) mass is 266 g/mol. The number of benzene rings is 1. The number of carbonyl (C=O) groups is 1. The highest BCUT2D eigenvalue weighted by Gasteiger charge is 2.08. The van der Waals surface area contributed by atoms with Crippen LogP contribution in [0, 0.1) is 0 Å². The molecule has 0 saturated heterocycles. The lowest BCUT2D eigenvalue weighted by Crippen LogP contribution is -1.90. The molecule has 0 aliphatic carbocycles. The summed E-state index contributed by atoms with van der Waals surface area (Å²) in [5.74, 6) is 0. The zero-order valence-corrected chi connectivity index (χ0v) is 10.6. The largest absolute Gasteiger partial charge is 0.392 e. The van der Waals surface area contributed by atoms with Crippen molar-refractivity contribution in [1.29, 1.82) is 0 Å². The van der Waals surface area contributed by atoms with Crippen LogP contribution in [0.3, 0.4) is 0 Å². The second-order valence-corrected chi connectivity index (χ2v) is 5.28. The molecule has 2 nitrogen and oxygen atoms in total. The summed E-state index contributed by atoms with van der Waals surface area (Å²) in [6, 6.07) is 9.32. The van der Waals surface area contributed by atoms with E-state index in [1.54, 1.807) is 6.07 Å². The molecule has 0 aliphatic heterocycles. The molecule has 88 valence electrons. The van der Waals surface area contributed by atoms with E-state index in [2.05, 4.69) is 0 Å². The summed E-state index contributed by atoms with van der Waals surface area (Å²) in [4.78, 5) is 12.4. The molecule has 1 heterocycles. The molecule has 4 heteroatoms. The summed E-state index contributed by atoms with van der Waals surface area (Å²) < 4.78 is 0. The zero-order valence-electron chi connectivity index (χ0n) is 9.02. The molecule has 2 rings (SSSR count). The Bertz CT molecular complexity index is 534. The van der Waals surface area contributed by atoms with Gasteiger partial charge in [0.15, 0.2) is 6.29 Å². The fourth-order valence-corrected chi connectivity index (χ4v) is 2.90. The Morgan fingerprint density at radius 3 is 2.82 bits per heavy atom. The molecular formula is C13H11ClO2S. The Kier molecular flexibility index (Phi) is 3.94. The molecule has 0 bridgehead atoms. The van der Waals surface area contributed by atoms with Gasteiger partial charge >= 0.3 is 0 Å². The van der Waals surface area contributed by atoms with Crippen molar-refractivity contribution < 1.29 is 9.90 Å². The van der Waals surface area contributed by atoms with Gasteiger partial charge in [-0.2, -0.15) is 0 Å². The predicted molar refractivity (Wildman–Crippen MR) is 69.9 cm³/mol. The maximum absolute atomic E-state index is 10.7. The number of rotatable bonds is 4. The number of aldehydes is 1. The molecule has 2 aromatic rings. The van der Waals surface area contributed by atoms with Crippen LogP contribution in [0.15, 0.2) is 30.3 Å². The van der Waals surface area contributed by atoms with E-state index < -0.39 is 0 Å². The van der Waals surface area contributed by atoms with Crippen molar-refractivity contribution in [2.75, 3.05) is 0 Å². The fourth-order valence-electron chi connectivity index (χ4n) is 1.66. The van der Waals surface area contributed by atoms with Crippen molar-refractivity contribution in [3.05, 3.63) is 56.2 Å². The second kappa shape index (κ2) is 5.45. The summed E-state index contributed by atoms with van der Waals surface area (Å²) in [6.45, 7) is -0.0414. The van der Waals surface area contributed by atoms with Crippen molar-refractivity contribution in [2.45, 2.75) is 13.0 Å². The van der Waals surface area contributed by atoms with Crippen LogP contribution in [-0.2, 0) is 13.0 Å². The number of aliphatic hydroxyl groups is 1. The van der Waals surface area contributed by atoms with E-state index >= 15 is 0 Å². The van der Waals surface area contributed by atoms with E-state index in [9.17, 15) is 9.90 Å². The van der Waals surface area contributed by atoms with Gasteiger partial charge in [-0.3, -0.25) is 4.79 Å². The number of hydrogen-bond donors (Lipinski definition) is 1. The molecule has 0 aliphatic rings. The van der Waals surface area contributed by atoms with E-state index in [1.807, 2.05) is 24.3 Å². The molecule has 17 heavy (non-hydrogen) atoms. The lowest BCUT2D eigenvalue weighted by atomic mass is 10.1. The van der Waals surface area contributed by atoms with Crippen LogP contribution in [-0.4, -0.2) is 11.4 Å². The van der Waals surface area contributed by atoms with Crippen molar-refractivity contribution in [1.82, 2.24) is 0 Å². The maximum Gasteiger partial charge on any atom is 0.160 e. The van der Waals surface area contributed by atoms with Gasteiger partial charge in [0.25, 0.3) is 0 Å². The third kappa shape index (κ3) is 2.94. The minimum atomic E-state index is -0.0414. The highest BCUT2D eigenvalue weighted by Crippen LogP contribution is 2.25. The van der Waals surface area contributed by atoms with Crippen molar-refractivity contribution >= 4 is 29.2 Å². The van der Waals surface area contributed by atoms with Crippen LogP contribution in [0.5, 0.6) is 0 Å². The Hall–Kier alpha value is -1.16. The van der Waals surface area contributed by atoms with Gasteiger partial charge in [-0.1, -0.05) is 23.7 Å². The first kappa shape index (κ1) is 12.3. The average Bonchev–Trinajstić information content (AvgIpc) is 2.71. The molecule has 1 N–H and O–H groups in total. The minimum Gasteiger partial charge on any atom is -0.392 e. The third-order valence-corrected chi connectivity index (χ3v) is 3.79. The number of aliphatic hydroxyl groups excluding tert-OH is 1. The summed E-state index contributed by atoms with van der Waals surface area (Å²) in [5.41, 5.74) is 1.89. The first-order valence-electron chi connectivity index (χ1n) is 5.15. The summed E-state index contributed by atoms with van der Waals surface area (Å²) in [7, 11) is 0. The Labute approximate surface area is 108 Å². The van der Waals surface area contributed by atoms with Crippen molar-refractivity contribution in [3.63, 3.8) is 0 Å². The number of carbonyl (C=O) groups excluding carboxylic acids is 1. The third-order valence-electron chi connectivity index (χ3n) is 2.46. The van der Waals surface area contributed by atoms with Gasteiger partial charge in [-0.05, 0) is 29.3 Å². The topological polar surface area (TPSA) is 37.3 Å². The number of hydrogen-bond acceptors (Lipinski definition) is 3. The lowest BCUT2D eigenvalue weighted by Gasteiger charge is -2.02. The van der Waals surface area contributed by atoms with Gasteiger partial charge in [0.2, 0.25) is 0 Å². The van der Waals surface area contributed by atoms with E-state index in [1.165, 1.54) is 11.3 Å². The molecule has 1 aromatic carbocycles. The Morgan fingerprint density at radius 1 is 1.35 bits per heavy atom. The van der Waals surface area contributed by atoms with Crippen LogP contribution in [0.2, 0.25) is 5.02 Å². The maximum atomic E-state index is 10.7. The standard InChI is InChI=1S/C13H11ClO2S/c14-11-3-1-2-9(4-11)5-13-10(7-15)6-12(8-16)17-13/h1-4,6,8,15H,5,7H2. The van der Waals surface area contributed by atoms with Crippen LogP contribution in [0.1, 0.15) is 25.7 Å². The molecule has 0 fully saturated rings. The van der Waals surface area contributed by atoms with E-state index in [0.717, 1.165) is 22.3 Å². The van der Waals surface area contributed by atoms with Crippen LogP contribution >= 0.6 is 22.9 Å². The molecular weight excluding hydrogens is 256 g/mol. The van der Waals surface area contributed by atoms with Gasteiger partial charge < -0.3 is 5.11 Å². The first-order valence-corrected chi connectivity index (χ1v) is 6.34. The molecule has 0 spiro atoms. The van der Waals surface area contributed by atoms with Crippen LogP contribution < -0.4 is 0 Å². The van der Waals surface area contributed by atoms with Gasteiger partial charge in [-0.15, -0.1) is 11.3 Å². The Balaban J connectivity index is 2.28. The summed E-state index contributed by atoms with van der Waals surface area (Å²) in [6.07, 6.45) is 1.50. The molecule has 0 radical (unpaired) electrons. The van der Waals surface area contributed by atoms with Gasteiger partial charge in [0.05, 0.1) is 11.5 Å². The van der Waals surface area contributed by atoms with Crippen molar-refractivity contribution in [3.8, 4) is 0 Å². The fraction of sp³-hybridized carbons (Fsp3) is 0.154. The number of thiophene rings is 1. The highest BCUT2D eigenvalue weighted by molar-refractivity contribution is 7.13. The van der Waals surface area contributed by atoms with Gasteiger partial charge in [0, 0.05) is 16.3 Å². The normalized spacial score (nSPS) is 10.5. The quantitative estimate of drug-likeness (QED) is 0.862.